The fourth-order valence-corrected chi connectivity index (χ4v) is 4.68. The predicted octanol–water partition coefficient (Wildman–Crippen LogP) is 4.59. The van der Waals surface area contributed by atoms with Gasteiger partial charge in [-0.2, -0.15) is 5.10 Å². The van der Waals surface area contributed by atoms with Gasteiger partial charge in [-0.05, 0) is 69.0 Å². The zero-order chi connectivity index (χ0) is 24.2. The molecule has 0 aliphatic carbocycles. The lowest BCUT2D eigenvalue weighted by Gasteiger charge is -2.33. The van der Waals surface area contributed by atoms with Crippen LogP contribution in [0.25, 0.3) is 17.1 Å². The standard InChI is InChI=1S/C28H30N6O/c1-20-15-21(2)17-24(16-20)28(35)30-19-22-8-13-33(14-9-22)26-7-11-29-27(32-26)23-5-3-6-25(18-23)34-12-4-10-31-34/h3-7,10-12,15-18,22H,8-9,13-14,19H2,1-2H3,(H,30,35). The Kier molecular flexibility index (Phi) is 6.57. The van der Waals surface area contributed by atoms with Crippen molar-refractivity contribution in [1.29, 1.82) is 0 Å². The molecule has 7 heteroatoms. The third-order valence-electron chi connectivity index (χ3n) is 6.49. The maximum absolute atomic E-state index is 12.6. The molecule has 2 aromatic heterocycles. The number of hydrogen-bond donors (Lipinski definition) is 1. The van der Waals surface area contributed by atoms with Crippen molar-refractivity contribution in [2.24, 2.45) is 5.92 Å². The molecule has 7 nitrogen and oxygen atoms in total. The Morgan fingerprint density at radius 1 is 1.00 bits per heavy atom. The normalized spacial score (nSPS) is 14.2. The summed E-state index contributed by atoms with van der Waals surface area (Å²) in [5, 5.41) is 7.45. The van der Waals surface area contributed by atoms with Crippen molar-refractivity contribution in [3.05, 3.63) is 89.9 Å². The van der Waals surface area contributed by atoms with Gasteiger partial charge in [0.25, 0.3) is 5.91 Å². The summed E-state index contributed by atoms with van der Waals surface area (Å²) in [6, 6.07) is 18.0. The van der Waals surface area contributed by atoms with Crippen LogP contribution < -0.4 is 10.2 Å². The molecular formula is C28H30N6O. The Hall–Kier alpha value is -4.00. The first-order valence-corrected chi connectivity index (χ1v) is 12.1. The minimum atomic E-state index is 0.0111. The fraction of sp³-hybridized carbons (Fsp3) is 0.286. The number of nitrogens with one attached hydrogen (secondary N) is 1. The van der Waals surface area contributed by atoms with Crippen molar-refractivity contribution in [3.8, 4) is 17.1 Å². The van der Waals surface area contributed by atoms with Crippen molar-refractivity contribution in [1.82, 2.24) is 25.1 Å². The van der Waals surface area contributed by atoms with Gasteiger partial charge < -0.3 is 10.2 Å². The summed E-state index contributed by atoms with van der Waals surface area (Å²) < 4.78 is 1.83. The number of piperidine rings is 1. The highest BCUT2D eigenvalue weighted by Gasteiger charge is 2.21. The summed E-state index contributed by atoms with van der Waals surface area (Å²) in [4.78, 5) is 24.3. The van der Waals surface area contributed by atoms with E-state index in [1.807, 2.05) is 73.4 Å². The summed E-state index contributed by atoms with van der Waals surface area (Å²) >= 11 is 0. The molecule has 0 spiro atoms. The van der Waals surface area contributed by atoms with Gasteiger partial charge in [0, 0.05) is 49.4 Å². The van der Waals surface area contributed by atoms with E-state index in [-0.39, 0.29) is 5.91 Å². The molecule has 0 atom stereocenters. The minimum Gasteiger partial charge on any atom is -0.356 e. The van der Waals surface area contributed by atoms with Gasteiger partial charge in [-0.15, -0.1) is 0 Å². The molecule has 178 valence electrons. The van der Waals surface area contributed by atoms with Gasteiger partial charge in [0.15, 0.2) is 5.82 Å². The smallest absolute Gasteiger partial charge is 0.251 e. The Labute approximate surface area is 205 Å². The average Bonchev–Trinajstić information content (AvgIpc) is 3.42. The maximum Gasteiger partial charge on any atom is 0.251 e. The third-order valence-corrected chi connectivity index (χ3v) is 6.49. The van der Waals surface area contributed by atoms with Crippen LogP contribution >= 0.6 is 0 Å². The van der Waals surface area contributed by atoms with Gasteiger partial charge in [0.1, 0.15) is 5.82 Å². The summed E-state index contributed by atoms with van der Waals surface area (Å²) in [5.74, 6) is 2.13. The van der Waals surface area contributed by atoms with Crippen LogP contribution in [-0.4, -0.2) is 45.3 Å². The second-order valence-electron chi connectivity index (χ2n) is 9.26. The maximum atomic E-state index is 12.6. The van der Waals surface area contributed by atoms with Crippen molar-refractivity contribution in [2.45, 2.75) is 26.7 Å². The van der Waals surface area contributed by atoms with Crippen LogP contribution in [0, 0.1) is 19.8 Å². The molecule has 0 bridgehead atoms. The fourth-order valence-electron chi connectivity index (χ4n) is 4.68. The van der Waals surface area contributed by atoms with E-state index in [2.05, 4.69) is 32.4 Å². The number of carbonyl (C=O) groups excluding carboxylic acids is 1. The molecule has 5 rings (SSSR count). The molecule has 1 amide bonds. The van der Waals surface area contributed by atoms with E-state index in [1.165, 1.54) is 0 Å². The van der Waals surface area contributed by atoms with Crippen LogP contribution in [0.1, 0.15) is 34.3 Å². The van der Waals surface area contributed by atoms with Gasteiger partial charge >= 0.3 is 0 Å². The Morgan fingerprint density at radius 3 is 2.54 bits per heavy atom. The van der Waals surface area contributed by atoms with Crippen molar-refractivity contribution >= 4 is 11.7 Å². The van der Waals surface area contributed by atoms with Crippen LogP contribution in [-0.2, 0) is 0 Å². The SMILES string of the molecule is Cc1cc(C)cc(C(=O)NCC2CCN(c3ccnc(-c4cccc(-n5cccn5)c4)n3)CC2)c1. The molecular weight excluding hydrogens is 436 g/mol. The van der Waals surface area contributed by atoms with Gasteiger partial charge in [0.05, 0.1) is 5.69 Å². The zero-order valence-electron chi connectivity index (χ0n) is 20.2. The van der Waals surface area contributed by atoms with Crippen molar-refractivity contribution < 1.29 is 4.79 Å². The van der Waals surface area contributed by atoms with Crippen LogP contribution in [0.5, 0.6) is 0 Å². The van der Waals surface area contributed by atoms with E-state index in [0.29, 0.717) is 18.3 Å². The molecule has 1 N–H and O–H groups in total. The molecule has 1 fully saturated rings. The molecule has 35 heavy (non-hydrogen) atoms. The second kappa shape index (κ2) is 10.1. The lowest BCUT2D eigenvalue weighted by Crippen LogP contribution is -2.39. The van der Waals surface area contributed by atoms with Crippen LogP contribution in [0.3, 0.4) is 0 Å². The summed E-state index contributed by atoms with van der Waals surface area (Å²) in [5.41, 5.74) is 4.90. The van der Waals surface area contributed by atoms with Crippen LogP contribution in [0.2, 0.25) is 0 Å². The molecule has 1 aliphatic rings. The van der Waals surface area contributed by atoms with Crippen LogP contribution in [0.15, 0.2) is 73.2 Å². The highest BCUT2D eigenvalue weighted by Crippen LogP contribution is 2.24. The monoisotopic (exact) mass is 466 g/mol. The van der Waals surface area contributed by atoms with E-state index in [4.69, 9.17) is 4.98 Å². The number of anilines is 1. The average molecular weight is 467 g/mol. The first-order valence-electron chi connectivity index (χ1n) is 12.1. The highest BCUT2D eigenvalue weighted by atomic mass is 16.1. The molecule has 1 aliphatic heterocycles. The van der Waals surface area contributed by atoms with E-state index < -0.39 is 0 Å². The molecule has 0 radical (unpaired) electrons. The number of aryl methyl sites for hydroxylation is 2. The number of carbonyl (C=O) groups is 1. The van der Waals surface area contributed by atoms with E-state index in [0.717, 1.165) is 59.7 Å². The number of amides is 1. The largest absolute Gasteiger partial charge is 0.356 e. The number of nitrogens with zero attached hydrogens (tertiary/aromatic N) is 5. The van der Waals surface area contributed by atoms with Gasteiger partial charge in [0.2, 0.25) is 0 Å². The molecule has 4 aromatic rings. The van der Waals surface area contributed by atoms with E-state index in [1.54, 1.807) is 6.20 Å². The molecule has 0 unspecified atom stereocenters. The first-order chi connectivity index (χ1) is 17.0. The number of hydrogen-bond acceptors (Lipinski definition) is 5. The minimum absolute atomic E-state index is 0.0111. The lowest BCUT2D eigenvalue weighted by molar-refractivity contribution is 0.0944. The number of aromatic nitrogens is 4. The van der Waals surface area contributed by atoms with Gasteiger partial charge in [-0.1, -0.05) is 29.3 Å². The number of rotatable bonds is 6. The van der Waals surface area contributed by atoms with Crippen LogP contribution in [0.4, 0.5) is 5.82 Å². The Morgan fingerprint density at radius 2 is 1.80 bits per heavy atom. The Bertz CT molecular complexity index is 1290. The second-order valence-corrected chi connectivity index (χ2v) is 9.26. The molecule has 0 saturated carbocycles. The topological polar surface area (TPSA) is 75.9 Å². The Balaban J connectivity index is 1.19. The summed E-state index contributed by atoms with van der Waals surface area (Å²) in [6.07, 6.45) is 7.55. The predicted molar refractivity (Wildman–Crippen MR) is 138 cm³/mol. The van der Waals surface area contributed by atoms with E-state index in [9.17, 15) is 4.79 Å². The van der Waals surface area contributed by atoms with Gasteiger partial charge in [-0.3, -0.25) is 4.79 Å². The summed E-state index contributed by atoms with van der Waals surface area (Å²) in [6.45, 7) is 6.57. The molecule has 3 heterocycles. The summed E-state index contributed by atoms with van der Waals surface area (Å²) in [7, 11) is 0. The molecule has 2 aromatic carbocycles. The lowest BCUT2D eigenvalue weighted by atomic mass is 9.96. The van der Waals surface area contributed by atoms with Crippen molar-refractivity contribution in [2.75, 3.05) is 24.5 Å². The van der Waals surface area contributed by atoms with Gasteiger partial charge in [-0.25, -0.2) is 14.6 Å². The number of benzene rings is 2. The zero-order valence-corrected chi connectivity index (χ0v) is 20.2. The van der Waals surface area contributed by atoms with E-state index >= 15 is 0 Å². The molecule has 1 saturated heterocycles. The highest BCUT2D eigenvalue weighted by molar-refractivity contribution is 5.94. The quantitative estimate of drug-likeness (QED) is 0.450. The first kappa shape index (κ1) is 22.8. The third kappa shape index (κ3) is 5.40. The van der Waals surface area contributed by atoms with Crippen molar-refractivity contribution in [3.63, 3.8) is 0 Å².